The Morgan fingerprint density at radius 1 is 0.964 bits per heavy atom. The van der Waals surface area contributed by atoms with Gasteiger partial charge in [-0.1, -0.05) is 36.6 Å². The fourth-order valence-electron chi connectivity index (χ4n) is 3.93. The lowest BCUT2D eigenvalue weighted by atomic mass is 9.79. The predicted octanol–water partition coefficient (Wildman–Crippen LogP) is 4.35. The zero-order valence-electron chi connectivity index (χ0n) is 15.4. The monoisotopic (exact) mass is 400 g/mol. The minimum Gasteiger partial charge on any atom is -0.486 e. The first-order valence-electron chi connectivity index (χ1n) is 9.45. The van der Waals surface area contributed by atoms with E-state index in [1.807, 2.05) is 12.1 Å². The fraction of sp³-hybridized carbons (Fsp3) is 0.364. The molecule has 1 saturated carbocycles. The van der Waals surface area contributed by atoms with Crippen LogP contribution in [-0.4, -0.2) is 31.6 Å². The van der Waals surface area contributed by atoms with Gasteiger partial charge in [0.25, 0.3) is 0 Å². The Morgan fingerprint density at radius 2 is 1.64 bits per heavy atom. The van der Waals surface area contributed by atoms with Crippen LogP contribution in [0.5, 0.6) is 11.5 Å². The smallest absolute Gasteiger partial charge is 0.317 e. The van der Waals surface area contributed by atoms with Crippen molar-refractivity contribution in [3.8, 4) is 11.5 Å². The second kappa shape index (κ2) is 7.84. The van der Waals surface area contributed by atoms with Gasteiger partial charge in [-0.3, -0.25) is 9.59 Å². The number of Topliss-reactive ketones (excluding diaryl/α,β-unsaturated/α-hetero) is 1. The van der Waals surface area contributed by atoms with Crippen LogP contribution in [0.15, 0.2) is 42.5 Å². The van der Waals surface area contributed by atoms with Crippen molar-refractivity contribution in [2.75, 3.05) is 19.8 Å². The number of hydrogen-bond acceptors (Lipinski definition) is 5. The zero-order chi connectivity index (χ0) is 19.6. The number of rotatable bonds is 5. The van der Waals surface area contributed by atoms with E-state index in [0.29, 0.717) is 48.1 Å². The molecule has 5 nitrogen and oxygen atoms in total. The molecule has 0 radical (unpaired) electrons. The molecule has 0 bridgehead atoms. The summed E-state index contributed by atoms with van der Waals surface area (Å²) in [6.45, 7) is 0.641. The summed E-state index contributed by atoms with van der Waals surface area (Å²) in [5.41, 5.74) is 0.632. The van der Waals surface area contributed by atoms with Crippen LogP contribution in [0.1, 0.15) is 41.6 Å². The summed E-state index contributed by atoms with van der Waals surface area (Å²) in [7, 11) is 0. The number of benzene rings is 2. The highest BCUT2D eigenvalue weighted by molar-refractivity contribution is 6.30. The van der Waals surface area contributed by atoms with Gasteiger partial charge in [-0.25, -0.2) is 0 Å². The molecule has 0 saturated heterocycles. The number of fused-ring (bicyclic) bond motifs is 1. The Hall–Kier alpha value is -2.53. The molecule has 146 valence electrons. The predicted molar refractivity (Wildman–Crippen MR) is 104 cm³/mol. The van der Waals surface area contributed by atoms with E-state index >= 15 is 0 Å². The summed E-state index contributed by atoms with van der Waals surface area (Å²) >= 11 is 5.98. The number of halogens is 1. The first-order valence-corrected chi connectivity index (χ1v) is 9.82. The molecule has 4 rings (SSSR count). The summed E-state index contributed by atoms with van der Waals surface area (Å²) in [6.07, 6.45) is 3.33. The van der Waals surface area contributed by atoms with Gasteiger partial charge in [0.05, 0.1) is 5.41 Å². The minimum atomic E-state index is -0.697. The summed E-state index contributed by atoms with van der Waals surface area (Å²) in [5, 5.41) is 0.624. The lowest BCUT2D eigenvalue weighted by Gasteiger charge is -2.27. The number of ketones is 1. The van der Waals surface area contributed by atoms with E-state index < -0.39 is 5.41 Å². The fourth-order valence-corrected chi connectivity index (χ4v) is 4.05. The Balaban J connectivity index is 1.46. The molecule has 2 aromatic rings. The largest absolute Gasteiger partial charge is 0.486 e. The molecule has 1 aliphatic heterocycles. The number of hydrogen-bond donors (Lipinski definition) is 0. The lowest BCUT2D eigenvalue weighted by molar-refractivity contribution is -0.149. The van der Waals surface area contributed by atoms with Crippen LogP contribution < -0.4 is 9.47 Å². The van der Waals surface area contributed by atoms with Crippen molar-refractivity contribution in [3.63, 3.8) is 0 Å². The van der Waals surface area contributed by atoms with Crippen molar-refractivity contribution in [2.24, 2.45) is 0 Å². The Kier molecular flexibility index (Phi) is 5.27. The molecule has 6 heteroatoms. The van der Waals surface area contributed by atoms with Gasteiger partial charge in [-0.05, 0) is 48.7 Å². The molecule has 28 heavy (non-hydrogen) atoms. The standard InChI is InChI=1S/C22H21ClO5/c23-17-6-4-16(5-7-17)22(9-1-2-10-22)21(25)28-14-18(24)15-3-8-19-20(13-15)27-12-11-26-19/h3-8,13H,1-2,9-12,14H2. The maximum absolute atomic E-state index is 13.0. The zero-order valence-corrected chi connectivity index (χ0v) is 16.2. The molecule has 0 spiro atoms. The summed E-state index contributed by atoms with van der Waals surface area (Å²) in [6, 6.07) is 12.3. The number of carbonyl (C=O) groups is 2. The minimum absolute atomic E-state index is 0.269. The second-order valence-corrected chi connectivity index (χ2v) is 7.59. The van der Waals surface area contributed by atoms with Gasteiger partial charge in [0.15, 0.2) is 23.9 Å². The maximum Gasteiger partial charge on any atom is 0.317 e. The van der Waals surface area contributed by atoms with Crippen LogP contribution in [0.25, 0.3) is 0 Å². The van der Waals surface area contributed by atoms with Gasteiger partial charge in [0, 0.05) is 10.6 Å². The number of ether oxygens (including phenoxy) is 3. The van der Waals surface area contributed by atoms with E-state index in [4.69, 9.17) is 25.8 Å². The van der Waals surface area contributed by atoms with E-state index in [2.05, 4.69) is 0 Å². The molecule has 0 atom stereocenters. The molecule has 2 aromatic carbocycles. The molecular weight excluding hydrogens is 380 g/mol. The van der Waals surface area contributed by atoms with Crippen LogP contribution in [0.4, 0.5) is 0 Å². The Morgan fingerprint density at radius 3 is 2.36 bits per heavy atom. The van der Waals surface area contributed by atoms with Crippen LogP contribution >= 0.6 is 11.6 Å². The second-order valence-electron chi connectivity index (χ2n) is 7.15. The molecule has 0 aromatic heterocycles. The van der Waals surface area contributed by atoms with Gasteiger partial charge in [0.1, 0.15) is 13.2 Å². The lowest BCUT2D eigenvalue weighted by Crippen LogP contribution is -2.35. The highest BCUT2D eigenvalue weighted by Crippen LogP contribution is 2.42. The van der Waals surface area contributed by atoms with E-state index in [0.717, 1.165) is 18.4 Å². The third-order valence-electron chi connectivity index (χ3n) is 5.44. The van der Waals surface area contributed by atoms with Crippen LogP contribution in [0.2, 0.25) is 5.02 Å². The van der Waals surface area contributed by atoms with Gasteiger partial charge < -0.3 is 14.2 Å². The van der Waals surface area contributed by atoms with Crippen LogP contribution in [-0.2, 0) is 14.9 Å². The third kappa shape index (κ3) is 3.59. The summed E-state index contributed by atoms with van der Waals surface area (Å²) < 4.78 is 16.5. The SMILES string of the molecule is O=C(COC(=O)C1(c2ccc(Cl)cc2)CCCC1)c1ccc2c(c1)OCCO2. The normalized spacial score (nSPS) is 17.2. The van der Waals surface area contributed by atoms with E-state index in [9.17, 15) is 9.59 Å². The quantitative estimate of drug-likeness (QED) is 0.551. The van der Waals surface area contributed by atoms with Crippen molar-refractivity contribution in [3.05, 3.63) is 58.6 Å². The first-order chi connectivity index (χ1) is 13.6. The Bertz CT molecular complexity index is 884. The van der Waals surface area contributed by atoms with E-state index in [1.54, 1.807) is 30.3 Å². The van der Waals surface area contributed by atoms with Crippen LogP contribution in [0.3, 0.4) is 0 Å². The Labute approximate surface area is 168 Å². The molecule has 0 amide bonds. The van der Waals surface area contributed by atoms with Gasteiger partial charge >= 0.3 is 5.97 Å². The molecular formula is C22H21ClO5. The molecule has 1 aliphatic carbocycles. The van der Waals surface area contributed by atoms with Gasteiger partial charge in [-0.2, -0.15) is 0 Å². The average Bonchev–Trinajstić information content (AvgIpc) is 3.23. The molecule has 2 aliphatic rings. The highest BCUT2D eigenvalue weighted by Gasteiger charge is 2.44. The van der Waals surface area contributed by atoms with Crippen molar-refractivity contribution < 1.29 is 23.8 Å². The number of carbonyl (C=O) groups excluding carboxylic acids is 2. The van der Waals surface area contributed by atoms with Crippen molar-refractivity contribution >= 4 is 23.4 Å². The molecule has 0 unspecified atom stereocenters. The maximum atomic E-state index is 13.0. The van der Waals surface area contributed by atoms with Crippen molar-refractivity contribution in [1.82, 2.24) is 0 Å². The highest BCUT2D eigenvalue weighted by atomic mass is 35.5. The number of esters is 1. The first kappa shape index (κ1) is 18.8. The van der Waals surface area contributed by atoms with Crippen molar-refractivity contribution in [1.29, 1.82) is 0 Å². The molecule has 1 fully saturated rings. The van der Waals surface area contributed by atoms with Gasteiger partial charge in [0.2, 0.25) is 0 Å². The molecule has 1 heterocycles. The summed E-state index contributed by atoms with van der Waals surface area (Å²) in [4.78, 5) is 25.5. The topological polar surface area (TPSA) is 61.8 Å². The molecule has 0 N–H and O–H groups in total. The van der Waals surface area contributed by atoms with Crippen molar-refractivity contribution in [2.45, 2.75) is 31.1 Å². The van der Waals surface area contributed by atoms with Crippen LogP contribution in [0, 0.1) is 0 Å². The summed E-state index contributed by atoms with van der Waals surface area (Å²) in [5.74, 6) is 0.539. The third-order valence-corrected chi connectivity index (χ3v) is 5.70. The average molecular weight is 401 g/mol. The van der Waals surface area contributed by atoms with Gasteiger partial charge in [-0.15, -0.1) is 0 Å². The van der Waals surface area contributed by atoms with E-state index in [1.165, 1.54) is 0 Å². The van der Waals surface area contributed by atoms with E-state index in [-0.39, 0.29) is 18.4 Å².